The second-order valence-electron chi connectivity index (χ2n) is 4.64. The molecule has 1 atom stereocenters. The number of carboxylic acid groups (broad SMARTS) is 1. The van der Waals surface area contributed by atoms with E-state index in [9.17, 15) is 9.59 Å². The highest BCUT2D eigenvalue weighted by atomic mass is 79.9. The van der Waals surface area contributed by atoms with E-state index in [1.54, 1.807) is 0 Å². The number of halogens is 1. The minimum absolute atomic E-state index is 0.133. The Morgan fingerprint density at radius 2 is 2.00 bits per heavy atom. The number of carbonyl (C=O) groups is 2. The number of aliphatic carboxylic acids is 1. The molecule has 1 heterocycles. The van der Waals surface area contributed by atoms with Gasteiger partial charge in [0.25, 0.3) is 0 Å². The minimum atomic E-state index is -0.688. The Bertz CT molecular complexity index is 275. The van der Waals surface area contributed by atoms with Crippen molar-refractivity contribution in [1.29, 1.82) is 0 Å². The molecule has 5 heteroatoms. The number of likely N-dealkylation sites (tertiary alicyclic amines) is 1. The summed E-state index contributed by atoms with van der Waals surface area (Å²) in [5.74, 6) is -0.325. The third-order valence-corrected chi connectivity index (χ3v) is 4.02. The summed E-state index contributed by atoms with van der Waals surface area (Å²) in [6.45, 7) is 3.46. The summed E-state index contributed by atoms with van der Waals surface area (Å²) < 4.78 is 0. The monoisotopic (exact) mass is 305 g/mol. The van der Waals surface area contributed by atoms with Gasteiger partial charge in [0, 0.05) is 13.1 Å². The molecule has 4 nitrogen and oxygen atoms in total. The predicted octanol–water partition coefficient (Wildman–Crippen LogP) is 2.12. The van der Waals surface area contributed by atoms with Crippen molar-refractivity contribution in [2.45, 2.75) is 32.6 Å². The molecule has 1 N–H and O–H groups in total. The number of piperidine rings is 1. The third kappa shape index (κ3) is 4.30. The number of amides is 1. The van der Waals surface area contributed by atoms with Crippen molar-refractivity contribution in [2.75, 3.05) is 18.4 Å². The van der Waals surface area contributed by atoms with Crippen LogP contribution < -0.4 is 0 Å². The smallest absolute Gasteiger partial charge is 0.306 e. The van der Waals surface area contributed by atoms with Gasteiger partial charge in [-0.15, -0.1) is 0 Å². The van der Waals surface area contributed by atoms with E-state index in [2.05, 4.69) is 15.9 Å². The summed E-state index contributed by atoms with van der Waals surface area (Å²) in [5, 5.41) is 9.39. The average Bonchev–Trinajstić information content (AvgIpc) is 2.35. The summed E-state index contributed by atoms with van der Waals surface area (Å²) in [6.07, 6.45) is 3.31. The molecule has 0 radical (unpaired) electrons. The van der Waals surface area contributed by atoms with Gasteiger partial charge in [0.15, 0.2) is 0 Å². The molecule has 1 unspecified atom stereocenters. The Kier molecular flexibility index (Phi) is 5.95. The van der Waals surface area contributed by atoms with E-state index in [-0.39, 0.29) is 11.8 Å². The van der Waals surface area contributed by atoms with E-state index < -0.39 is 5.97 Å². The van der Waals surface area contributed by atoms with Crippen molar-refractivity contribution in [3.05, 3.63) is 0 Å². The molecule has 1 amide bonds. The fourth-order valence-corrected chi connectivity index (χ4v) is 2.70. The highest BCUT2D eigenvalue weighted by Gasteiger charge is 2.26. The Labute approximate surface area is 110 Å². The summed E-state index contributed by atoms with van der Waals surface area (Å²) in [4.78, 5) is 24.3. The van der Waals surface area contributed by atoms with Crippen LogP contribution in [0.4, 0.5) is 0 Å². The Morgan fingerprint density at radius 1 is 1.41 bits per heavy atom. The molecule has 1 saturated heterocycles. The van der Waals surface area contributed by atoms with Crippen LogP contribution in [-0.2, 0) is 9.59 Å². The Morgan fingerprint density at radius 3 is 2.41 bits per heavy atom. The molecule has 0 spiro atoms. The molecule has 0 saturated carbocycles. The van der Waals surface area contributed by atoms with Crippen LogP contribution in [-0.4, -0.2) is 40.3 Å². The lowest BCUT2D eigenvalue weighted by atomic mass is 9.86. The van der Waals surface area contributed by atoms with Crippen LogP contribution in [0.3, 0.4) is 0 Å². The molecule has 0 aromatic rings. The number of carbonyl (C=O) groups excluding carboxylic acids is 1. The number of nitrogens with zero attached hydrogens (tertiary/aromatic N) is 1. The quantitative estimate of drug-likeness (QED) is 0.792. The molecule has 1 aliphatic rings. The molecule has 0 aromatic heterocycles. The number of carboxylic acids is 1. The number of rotatable bonds is 5. The molecule has 0 aromatic carbocycles. The first kappa shape index (κ1) is 14.5. The van der Waals surface area contributed by atoms with Crippen molar-refractivity contribution < 1.29 is 14.7 Å². The van der Waals surface area contributed by atoms with Crippen LogP contribution in [0.1, 0.15) is 32.6 Å². The summed E-state index contributed by atoms with van der Waals surface area (Å²) >= 11 is 3.17. The molecular formula is C12H20BrNO3. The van der Waals surface area contributed by atoms with E-state index in [0.29, 0.717) is 17.7 Å². The predicted molar refractivity (Wildman–Crippen MR) is 69.1 cm³/mol. The maximum Gasteiger partial charge on any atom is 0.306 e. The molecule has 0 aliphatic carbocycles. The minimum Gasteiger partial charge on any atom is -0.481 e. The third-order valence-electron chi connectivity index (χ3n) is 3.54. The highest BCUT2D eigenvalue weighted by Crippen LogP contribution is 2.26. The van der Waals surface area contributed by atoms with E-state index >= 15 is 0 Å². The fourth-order valence-electron chi connectivity index (χ4n) is 2.35. The van der Waals surface area contributed by atoms with E-state index in [1.807, 2.05) is 11.8 Å². The second-order valence-corrected chi connectivity index (χ2v) is 5.20. The number of hydrogen-bond donors (Lipinski definition) is 1. The summed E-state index contributed by atoms with van der Waals surface area (Å²) in [7, 11) is 0. The summed E-state index contributed by atoms with van der Waals surface area (Å²) in [6, 6.07) is 0. The van der Waals surface area contributed by atoms with Gasteiger partial charge < -0.3 is 10.0 Å². The van der Waals surface area contributed by atoms with Gasteiger partial charge in [-0.2, -0.15) is 0 Å². The van der Waals surface area contributed by atoms with Crippen LogP contribution in [0.25, 0.3) is 0 Å². The van der Waals surface area contributed by atoms with Gasteiger partial charge in [-0.1, -0.05) is 22.9 Å². The standard InChI is InChI=1S/C12H20BrNO3/c1-2-10(12(16)17)7-9-3-5-14(6-4-9)11(15)8-13/h9-10H,2-8H2,1H3,(H,16,17). The number of hydrogen-bond acceptors (Lipinski definition) is 2. The second kappa shape index (κ2) is 6.99. The fraction of sp³-hybridized carbons (Fsp3) is 0.833. The van der Waals surface area contributed by atoms with Crippen LogP contribution in [0.2, 0.25) is 0 Å². The topological polar surface area (TPSA) is 57.6 Å². The van der Waals surface area contributed by atoms with Gasteiger partial charge in [-0.25, -0.2) is 0 Å². The van der Waals surface area contributed by atoms with E-state index in [0.717, 1.165) is 32.4 Å². The van der Waals surface area contributed by atoms with Crippen molar-refractivity contribution in [3.8, 4) is 0 Å². The molecular weight excluding hydrogens is 286 g/mol. The van der Waals surface area contributed by atoms with Gasteiger partial charge in [-0.3, -0.25) is 9.59 Å². The van der Waals surface area contributed by atoms with Gasteiger partial charge >= 0.3 is 5.97 Å². The van der Waals surface area contributed by atoms with Crippen molar-refractivity contribution in [2.24, 2.45) is 11.8 Å². The first-order chi connectivity index (χ1) is 8.08. The van der Waals surface area contributed by atoms with Gasteiger partial charge in [0.1, 0.15) is 0 Å². The van der Waals surface area contributed by atoms with Crippen molar-refractivity contribution >= 4 is 27.8 Å². The SMILES string of the molecule is CCC(CC1CCN(C(=O)CBr)CC1)C(=O)O. The largest absolute Gasteiger partial charge is 0.481 e. The number of alkyl halides is 1. The molecule has 1 rings (SSSR count). The molecule has 1 fully saturated rings. The van der Waals surface area contributed by atoms with Crippen LogP contribution in [0.5, 0.6) is 0 Å². The lowest BCUT2D eigenvalue weighted by Gasteiger charge is -2.32. The molecule has 0 bridgehead atoms. The molecule has 17 heavy (non-hydrogen) atoms. The lowest BCUT2D eigenvalue weighted by molar-refractivity contribution is -0.143. The van der Waals surface area contributed by atoms with Crippen LogP contribution in [0.15, 0.2) is 0 Å². The first-order valence-corrected chi connectivity index (χ1v) is 7.27. The van der Waals surface area contributed by atoms with E-state index in [4.69, 9.17) is 5.11 Å². The van der Waals surface area contributed by atoms with Crippen molar-refractivity contribution in [1.82, 2.24) is 4.90 Å². The highest BCUT2D eigenvalue weighted by molar-refractivity contribution is 9.09. The van der Waals surface area contributed by atoms with Crippen molar-refractivity contribution in [3.63, 3.8) is 0 Å². The molecule has 1 aliphatic heterocycles. The van der Waals surface area contributed by atoms with Gasteiger partial charge in [-0.05, 0) is 31.6 Å². The first-order valence-electron chi connectivity index (χ1n) is 6.15. The Balaban J connectivity index is 2.36. The lowest BCUT2D eigenvalue weighted by Crippen LogP contribution is -2.39. The zero-order valence-electron chi connectivity index (χ0n) is 10.2. The molecule has 98 valence electrons. The van der Waals surface area contributed by atoms with Crippen LogP contribution in [0, 0.1) is 11.8 Å². The maximum absolute atomic E-state index is 11.4. The zero-order valence-corrected chi connectivity index (χ0v) is 11.8. The Hall–Kier alpha value is -0.580. The van der Waals surface area contributed by atoms with Crippen LogP contribution >= 0.6 is 15.9 Å². The normalized spacial score (nSPS) is 19.1. The maximum atomic E-state index is 11.4. The summed E-state index contributed by atoms with van der Waals surface area (Å²) in [5.41, 5.74) is 0. The van der Waals surface area contributed by atoms with Gasteiger partial charge in [0.05, 0.1) is 11.2 Å². The average molecular weight is 306 g/mol. The van der Waals surface area contributed by atoms with Gasteiger partial charge in [0.2, 0.25) is 5.91 Å². The van der Waals surface area contributed by atoms with E-state index in [1.165, 1.54) is 0 Å². The zero-order chi connectivity index (χ0) is 12.8.